The summed E-state index contributed by atoms with van der Waals surface area (Å²) in [4.78, 5) is 0. The molecule has 0 N–H and O–H groups in total. The first-order chi connectivity index (χ1) is 13.4. The fraction of sp³-hybridized carbons (Fsp3) is 0.0435. The van der Waals surface area contributed by atoms with Gasteiger partial charge in [0.15, 0.2) is 23.0 Å². The quantitative estimate of drug-likeness (QED) is 0.338. The van der Waals surface area contributed by atoms with Crippen molar-refractivity contribution in [3.8, 4) is 28.7 Å². The summed E-state index contributed by atoms with van der Waals surface area (Å²) in [7, 11) is 0. The first-order valence-corrected chi connectivity index (χ1v) is 9.54. The molecule has 3 aromatic carbocycles. The van der Waals surface area contributed by atoms with Crippen LogP contribution in [0.1, 0.15) is 16.4 Å². The highest BCUT2D eigenvalue weighted by atomic mass is 32.2. The van der Waals surface area contributed by atoms with Gasteiger partial charge in [-0.3, -0.25) is 0 Å². The molecule has 2 aliphatic heterocycles. The van der Waals surface area contributed by atoms with E-state index < -0.39 is 0 Å². The van der Waals surface area contributed by atoms with Crippen molar-refractivity contribution in [3.05, 3.63) is 96.1 Å². The summed E-state index contributed by atoms with van der Waals surface area (Å²) in [6.07, 6.45) is 8.22. The Morgan fingerprint density at radius 2 is 1.41 bits per heavy atom. The third kappa shape index (κ3) is 3.09. The zero-order valence-electron chi connectivity index (χ0n) is 14.4. The fourth-order valence-corrected chi connectivity index (χ4v) is 3.91. The number of hydrogen-bond acceptors (Lipinski definition) is 4. The lowest BCUT2D eigenvalue weighted by molar-refractivity contribution is 0.356. The van der Waals surface area contributed by atoms with Gasteiger partial charge in [0, 0.05) is 11.1 Å². The van der Waals surface area contributed by atoms with Gasteiger partial charge in [0.2, 0.25) is 0 Å². The van der Waals surface area contributed by atoms with Crippen LogP contribution in [0.3, 0.4) is 0 Å². The van der Waals surface area contributed by atoms with Gasteiger partial charge in [0.1, 0.15) is 5.75 Å². The summed E-state index contributed by atoms with van der Waals surface area (Å²) in [6, 6.07) is 21.7. The van der Waals surface area contributed by atoms with E-state index in [0.29, 0.717) is 0 Å². The molecule has 0 bridgehead atoms. The van der Waals surface area contributed by atoms with Crippen molar-refractivity contribution >= 4 is 18.1 Å². The second kappa shape index (κ2) is 6.89. The normalized spacial score (nSPS) is 17.0. The Hall–Kier alpha value is -3.11. The van der Waals surface area contributed by atoms with Crippen LogP contribution in [0.2, 0.25) is 0 Å². The molecule has 0 saturated heterocycles. The van der Waals surface area contributed by atoms with Crippen molar-refractivity contribution in [3.63, 3.8) is 0 Å². The van der Waals surface area contributed by atoms with Gasteiger partial charge in [0.25, 0.3) is 0 Å². The van der Waals surface area contributed by atoms with Crippen LogP contribution in [0.25, 0.3) is 6.08 Å². The Kier molecular flexibility index (Phi) is 4.11. The molecular weight excluding hydrogens is 356 g/mol. The molecule has 1 unspecified atom stereocenters. The first-order valence-electron chi connectivity index (χ1n) is 8.73. The summed E-state index contributed by atoms with van der Waals surface area (Å²) in [5.41, 5.74) is 2.06. The SMILES string of the molecule is C1=Cc2ccccc2OSC(c2cccc3c2Oc2ccccc2O3)C=C1. The maximum atomic E-state index is 6.19. The smallest absolute Gasteiger partial charge is 0.174 e. The van der Waals surface area contributed by atoms with E-state index in [1.165, 1.54) is 12.0 Å². The average molecular weight is 372 g/mol. The molecule has 27 heavy (non-hydrogen) atoms. The molecule has 0 spiro atoms. The van der Waals surface area contributed by atoms with Gasteiger partial charge in [0.05, 0.1) is 17.3 Å². The molecule has 1 atom stereocenters. The predicted octanol–water partition coefficient (Wildman–Crippen LogP) is 6.94. The standard InChI is InChI=1S/C23H16O3S/c1-3-11-18-16(8-1)9-2-6-15-22(27-26-18)17-10-7-14-21-23(17)25-20-13-5-4-12-19(20)24-21/h1-15,22H. The number of hydrogen-bond donors (Lipinski definition) is 0. The largest absolute Gasteiger partial charge is 0.450 e. The van der Waals surface area contributed by atoms with Crippen LogP contribution >= 0.6 is 12.0 Å². The Balaban J connectivity index is 1.51. The van der Waals surface area contributed by atoms with Crippen LogP contribution in [0.4, 0.5) is 0 Å². The van der Waals surface area contributed by atoms with Crippen molar-refractivity contribution in [2.75, 3.05) is 0 Å². The van der Waals surface area contributed by atoms with Gasteiger partial charge in [-0.25, -0.2) is 0 Å². The lowest BCUT2D eigenvalue weighted by Crippen LogP contribution is -2.04. The first kappa shape index (κ1) is 16.1. The van der Waals surface area contributed by atoms with Crippen LogP contribution in [-0.4, -0.2) is 0 Å². The molecule has 0 saturated carbocycles. The molecule has 2 heterocycles. The Morgan fingerprint density at radius 3 is 2.30 bits per heavy atom. The van der Waals surface area contributed by atoms with E-state index in [1.54, 1.807) is 0 Å². The molecule has 0 radical (unpaired) electrons. The summed E-state index contributed by atoms with van der Waals surface area (Å²) in [6.45, 7) is 0. The van der Waals surface area contributed by atoms with E-state index in [0.717, 1.165) is 39.9 Å². The lowest BCUT2D eigenvalue weighted by atomic mass is 10.1. The summed E-state index contributed by atoms with van der Waals surface area (Å²) >= 11 is 1.40. The predicted molar refractivity (Wildman–Crippen MR) is 109 cm³/mol. The Bertz CT molecular complexity index is 1050. The minimum atomic E-state index is -0.0374. The van der Waals surface area contributed by atoms with Crippen molar-refractivity contribution in [1.82, 2.24) is 0 Å². The van der Waals surface area contributed by atoms with E-state index in [-0.39, 0.29) is 5.25 Å². The monoisotopic (exact) mass is 372 g/mol. The number of allylic oxidation sites excluding steroid dienone is 2. The minimum absolute atomic E-state index is 0.0374. The zero-order valence-corrected chi connectivity index (χ0v) is 15.2. The maximum absolute atomic E-state index is 6.19. The minimum Gasteiger partial charge on any atom is -0.450 e. The third-order valence-corrected chi connectivity index (χ3v) is 5.32. The number of ether oxygens (including phenoxy) is 2. The highest BCUT2D eigenvalue weighted by Gasteiger charge is 2.25. The van der Waals surface area contributed by atoms with E-state index in [2.05, 4.69) is 12.1 Å². The lowest BCUT2D eigenvalue weighted by Gasteiger charge is -2.24. The topological polar surface area (TPSA) is 27.7 Å². The number of rotatable bonds is 1. The molecule has 0 amide bonds. The summed E-state index contributed by atoms with van der Waals surface area (Å²) < 4.78 is 18.3. The Labute approximate surface area is 162 Å². The van der Waals surface area contributed by atoms with Crippen molar-refractivity contribution in [1.29, 1.82) is 0 Å². The van der Waals surface area contributed by atoms with Crippen molar-refractivity contribution < 1.29 is 13.7 Å². The molecule has 5 rings (SSSR count). The van der Waals surface area contributed by atoms with Crippen LogP contribution < -0.4 is 13.7 Å². The van der Waals surface area contributed by atoms with E-state index in [1.807, 2.05) is 78.9 Å². The van der Waals surface area contributed by atoms with Crippen LogP contribution in [0.15, 0.2) is 85.0 Å². The maximum Gasteiger partial charge on any atom is 0.174 e. The van der Waals surface area contributed by atoms with Gasteiger partial charge in [-0.05, 0) is 24.3 Å². The van der Waals surface area contributed by atoms with Crippen molar-refractivity contribution in [2.45, 2.75) is 5.25 Å². The van der Waals surface area contributed by atoms with E-state index in [9.17, 15) is 0 Å². The van der Waals surface area contributed by atoms with Gasteiger partial charge in [-0.1, -0.05) is 66.8 Å². The van der Waals surface area contributed by atoms with Gasteiger partial charge >= 0.3 is 0 Å². The zero-order chi connectivity index (χ0) is 18.1. The number of fused-ring (bicyclic) bond motifs is 3. The molecule has 132 valence electrons. The third-order valence-electron chi connectivity index (χ3n) is 4.43. The molecule has 0 fully saturated rings. The number of benzene rings is 3. The fourth-order valence-electron chi connectivity index (χ4n) is 3.10. The van der Waals surface area contributed by atoms with Gasteiger partial charge < -0.3 is 13.7 Å². The van der Waals surface area contributed by atoms with Gasteiger partial charge in [-0.2, -0.15) is 0 Å². The highest BCUT2D eigenvalue weighted by molar-refractivity contribution is 7.95. The Morgan fingerprint density at radius 1 is 0.667 bits per heavy atom. The molecule has 3 aromatic rings. The van der Waals surface area contributed by atoms with Crippen molar-refractivity contribution in [2.24, 2.45) is 0 Å². The van der Waals surface area contributed by atoms with E-state index in [4.69, 9.17) is 13.7 Å². The second-order valence-electron chi connectivity index (χ2n) is 6.21. The summed E-state index contributed by atoms with van der Waals surface area (Å²) in [5.74, 6) is 3.75. The second-order valence-corrected chi connectivity index (χ2v) is 7.07. The van der Waals surface area contributed by atoms with Crippen LogP contribution in [0, 0.1) is 0 Å². The molecule has 2 aliphatic rings. The average Bonchev–Trinajstić information content (AvgIpc) is 2.82. The van der Waals surface area contributed by atoms with Gasteiger partial charge in [-0.15, -0.1) is 0 Å². The summed E-state index contributed by atoms with van der Waals surface area (Å²) in [5, 5.41) is -0.0374. The molecule has 0 aliphatic carbocycles. The van der Waals surface area contributed by atoms with E-state index >= 15 is 0 Å². The number of para-hydroxylation sites is 4. The molecular formula is C23H16O3S. The highest BCUT2D eigenvalue weighted by Crippen LogP contribution is 2.50. The van der Waals surface area contributed by atoms with Crippen LogP contribution in [-0.2, 0) is 0 Å². The molecule has 4 heteroatoms. The van der Waals surface area contributed by atoms with Crippen LogP contribution in [0.5, 0.6) is 28.7 Å². The molecule has 0 aromatic heterocycles. The molecule has 3 nitrogen and oxygen atoms in total.